The third-order valence-corrected chi connectivity index (χ3v) is 6.08. The van der Waals surface area contributed by atoms with Gasteiger partial charge in [0.2, 0.25) is 0 Å². The van der Waals surface area contributed by atoms with Gasteiger partial charge in [-0.3, -0.25) is 0 Å². The highest BCUT2D eigenvalue weighted by Crippen LogP contribution is 2.37. The number of nitrogens with zero attached hydrogens (tertiary/aromatic N) is 1. The summed E-state index contributed by atoms with van der Waals surface area (Å²) in [6, 6.07) is 9.38. The van der Waals surface area contributed by atoms with Crippen LogP contribution in [-0.4, -0.2) is 27.4 Å². The summed E-state index contributed by atoms with van der Waals surface area (Å²) in [5.41, 5.74) is 2.66. The molecule has 7 heteroatoms. The maximum atomic E-state index is 13.9. The number of amides is 2. The van der Waals surface area contributed by atoms with Gasteiger partial charge < -0.3 is 20.4 Å². The lowest BCUT2D eigenvalue weighted by Crippen LogP contribution is -2.30. The summed E-state index contributed by atoms with van der Waals surface area (Å²) in [7, 11) is 0. The van der Waals surface area contributed by atoms with E-state index in [4.69, 9.17) is 0 Å². The number of carbonyl (C=O) groups excluding carboxylic acids is 1. The summed E-state index contributed by atoms with van der Waals surface area (Å²) in [6.07, 6.45) is 2.14. The standard InChI is InChI=1S/C22H24F2N2O3/c23-17-9-16-11-26(12-19(16)20(24)10-17)22(29)25-18-7-5-14(6-8-18)13-1-3-15(4-2-13)21(27)28/h5-10,13,15,21,27-28H,1-4,11-12H2,(H,25,29). The molecule has 0 spiro atoms. The molecule has 3 N–H and O–H groups in total. The van der Waals surface area contributed by atoms with Crippen LogP contribution in [0.2, 0.25) is 0 Å². The highest BCUT2D eigenvalue weighted by Gasteiger charge is 2.28. The Bertz CT molecular complexity index is 894. The maximum absolute atomic E-state index is 13.9. The van der Waals surface area contributed by atoms with Gasteiger partial charge in [0.25, 0.3) is 0 Å². The third kappa shape index (κ3) is 4.26. The van der Waals surface area contributed by atoms with Gasteiger partial charge in [-0.25, -0.2) is 13.6 Å². The van der Waals surface area contributed by atoms with Crippen LogP contribution in [0.1, 0.15) is 48.3 Å². The smallest absolute Gasteiger partial charge is 0.322 e. The van der Waals surface area contributed by atoms with Crippen molar-refractivity contribution in [2.75, 3.05) is 5.32 Å². The van der Waals surface area contributed by atoms with E-state index in [-0.39, 0.29) is 25.0 Å². The molecule has 1 aliphatic carbocycles. The van der Waals surface area contributed by atoms with Crippen molar-refractivity contribution < 1.29 is 23.8 Å². The minimum absolute atomic E-state index is 0.0484. The molecular weight excluding hydrogens is 378 g/mol. The van der Waals surface area contributed by atoms with Crippen molar-refractivity contribution in [3.8, 4) is 0 Å². The predicted octanol–water partition coefficient (Wildman–Crippen LogP) is 4.10. The van der Waals surface area contributed by atoms with Gasteiger partial charge in [-0.2, -0.15) is 0 Å². The van der Waals surface area contributed by atoms with E-state index >= 15 is 0 Å². The summed E-state index contributed by atoms with van der Waals surface area (Å²) in [4.78, 5) is 14.0. The van der Waals surface area contributed by atoms with Gasteiger partial charge in [-0.15, -0.1) is 0 Å². The SMILES string of the molecule is O=C(Nc1ccc(C2CCC(C(O)O)CC2)cc1)N1Cc2cc(F)cc(F)c2C1. The Hall–Kier alpha value is -2.51. The molecule has 1 heterocycles. The number of aliphatic hydroxyl groups excluding tert-OH is 1. The summed E-state index contributed by atoms with van der Waals surface area (Å²) in [5, 5.41) is 21.4. The number of anilines is 1. The average Bonchev–Trinajstić information content (AvgIpc) is 3.13. The molecule has 0 unspecified atom stereocenters. The summed E-state index contributed by atoms with van der Waals surface area (Å²) < 4.78 is 27.2. The number of rotatable bonds is 3. The van der Waals surface area contributed by atoms with Gasteiger partial charge in [0.05, 0.1) is 6.54 Å². The molecule has 1 fully saturated rings. The molecule has 0 bridgehead atoms. The number of aliphatic hydroxyl groups is 2. The first-order chi connectivity index (χ1) is 13.9. The summed E-state index contributed by atoms with van der Waals surface area (Å²) in [6.45, 7) is 0.291. The number of hydrogen-bond donors (Lipinski definition) is 3. The van der Waals surface area contributed by atoms with Crippen molar-refractivity contribution in [1.82, 2.24) is 4.90 Å². The van der Waals surface area contributed by atoms with Crippen LogP contribution in [0.4, 0.5) is 19.3 Å². The van der Waals surface area contributed by atoms with Crippen molar-refractivity contribution in [3.63, 3.8) is 0 Å². The third-order valence-electron chi connectivity index (χ3n) is 6.08. The number of fused-ring (bicyclic) bond motifs is 1. The van der Waals surface area contributed by atoms with Crippen LogP contribution >= 0.6 is 0 Å². The fourth-order valence-electron chi connectivity index (χ4n) is 4.36. The normalized spacial score (nSPS) is 21.3. The van der Waals surface area contributed by atoms with E-state index in [2.05, 4.69) is 5.32 Å². The Morgan fingerprint density at radius 1 is 1.03 bits per heavy atom. The number of hydrogen-bond acceptors (Lipinski definition) is 3. The first-order valence-corrected chi connectivity index (χ1v) is 9.89. The Kier molecular flexibility index (Phi) is 5.52. The average molecular weight is 402 g/mol. The molecule has 0 aromatic heterocycles. The van der Waals surface area contributed by atoms with E-state index in [0.29, 0.717) is 22.7 Å². The number of carbonyl (C=O) groups is 1. The molecule has 29 heavy (non-hydrogen) atoms. The van der Waals surface area contributed by atoms with E-state index in [1.807, 2.05) is 24.3 Å². The molecule has 154 valence electrons. The molecular formula is C22H24F2N2O3. The Morgan fingerprint density at radius 3 is 2.38 bits per heavy atom. The lowest BCUT2D eigenvalue weighted by molar-refractivity contribution is -0.0937. The molecule has 0 saturated heterocycles. The zero-order valence-electron chi connectivity index (χ0n) is 15.9. The van der Waals surface area contributed by atoms with E-state index < -0.39 is 17.9 Å². The molecule has 1 aliphatic heterocycles. The quantitative estimate of drug-likeness (QED) is 0.677. The van der Waals surface area contributed by atoms with Crippen molar-refractivity contribution in [2.24, 2.45) is 5.92 Å². The van der Waals surface area contributed by atoms with Crippen LogP contribution in [0.25, 0.3) is 0 Å². The van der Waals surface area contributed by atoms with Crippen LogP contribution in [0.3, 0.4) is 0 Å². The van der Waals surface area contributed by atoms with Gasteiger partial charge in [0.15, 0.2) is 6.29 Å². The largest absolute Gasteiger partial charge is 0.368 e. The highest BCUT2D eigenvalue weighted by atomic mass is 19.1. The molecule has 2 aliphatic rings. The van der Waals surface area contributed by atoms with Crippen LogP contribution < -0.4 is 5.32 Å². The predicted molar refractivity (Wildman–Crippen MR) is 104 cm³/mol. The summed E-state index contributed by atoms with van der Waals surface area (Å²) in [5.74, 6) is -0.932. The lowest BCUT2D eigenvalue weighted by atomic mass is 9.78. The van der Waals surface area contributed by atoms with Gasteiger partial charge in [0.1, 0.15) is 11.6 Å². The minimum atomic E-state index is -1.24. The van der Waals surface area contributed by atoms with Crippen molar-refractivity contribution in [2.45, 2.75) is 51.0 Å². The topological polar surface area (TPSA) is 72.8 Å². The Balaban J connectivity index is 1.35. The van der Waals surface area contributed by atoms with Gasteiger partial charge in [0, 0.05) is 29.8 Å². The second-order valence-corrected chi connectivity index (χ2v) is 7.96. The van der Waals surface area contributed by atoms with Gasteiger partial charge >= 0.3 is 6.03 Å². The monoisotopic (exact) mass is 402 g/mol. The fourth-order valence-corrected chi connectivity index (χ4v) is 4.36. The molecule has 4 rings (SSSR count). The van der Waals surface area contributed by atoms with Gasteiger partial charge in [-0.05, 0) is 60.9 Å². The molecule has 2 amide bonds. The second kappa shape index (κ2) is 8.08. The molecule has 2 aromatic carbocycles. The Morgan fingerprint density at radius 2 is 1.72 bits per heavy atom. The molecule has 0 atom stereocenters. The van der Waals surface area contributed by atoms with Crippen LogP contribution in [-0.2, 0) is 13.1 Å². The zero-order chi connectivity index (χ0) is 20.5. The molecule has 5 nitrogen and oxygen atoms in total. The van der Waals surface area contributed by atoms with Crippen molar-refractivity contribution in [1.29, 1.82) is 0 Å². The molecule has 0 radical (unpaired) electrons. The van der Waals surface area contributed by atoms with E-state index in [9.17, 15) is 23.8 Å². The maximum Gasteiger partial charge on any atom is 0.322 e. The fraction of sp³-hybridized carbons (Fsp3) is 0.409. The lowest BCUT2D eigenvalue weighted by Gasteiger charge is -2.29. The molecule has 2 aromatic rings. The number of urea groups is 1. The highest BCUT2D eigenvalue weighted by molar-refractivity contribution is 5.89. The first-order valence-electron chi connectivity index (χ1n) is 9.89. The number of nitrogens with one attached hydrogen (secondary N) is 1. The molecule has 1 saturated carbocycles. The van der Waals surface area contributed by atoms with Crippen LogP contribution in [0, 0.1) is 17.6 Å². The second-order valence-electron chi connectivity index (χ2n) is 7.96. The number of halogens is 2. The van der Waals surface area contributed by atoms with Crippen LogP contribution in [0.5, 0.6) is 0 Å². The van der Waals surface area contributed by atoms with E-state index in [1.54, 1.807) is 0 Å². The minimum Gasteiger partial charge on any atom is -0.368 e. The number of benzene rings is 2. The van der Waals surface area contributed by atoms with E-state index in [1.165, 1.54) is 16.5 Å². The zero-order valence-corrected chi connectivity index (χ0v) is 15.9. The summed E-state index contributed by atoms with van der Waals surface area (Å²) >= 11 is 0. The Labute approximate surface area is 168 Å². The van der Waals surface area contributed by atoms with Crippen LogP contribution in [0.15, 0.2) is 36.4 Å². The van der Waals surface area contributed by atoms with Crippen molar-refractivity contribution in [3.05, 3.63) is 64.7 Å². The van der Waals surface area contributed by atoms with Gasteiger partial charge in [-0.1, -0.05) is 12.1 Å². The van der Waals surface area contributed by atoms with E-state index in [0.717, 1.165) is 31.7 Å². The first kappa shape index (κ1) is 19.8. The van der Waals surface area contributed by atoms with Crippen molar-refractivity contribution >= 4 is 11.7 Å².